The molecule has 0 fully saturated rings. The minimum atomic E-state index is -1.00. The Balaban J connectivity index is 1.95. The van der Waals surface area contributed by atoms with E-state index in [-0.39, 0.29) is 6.54 Å². The first kappa shape index (κ1) is 15.0. The second kappa shape index (κ2) is 5.92. The first-order chi connectivity index (χ1) is 9.87. The molecule has 21 heavy (non-hydrogen) atoms. The molecule has 2 heterocycles. The van der Waals surface area contributed by atoms with Gasteiger partial charge < -0.3 is 15.7 Å². The number of aliphatic carboxylic acids is 1. The van der Waals surface area contributed by atoms with Gasteiger partial charge in [0.05, 0.1) is 17.4 Å². The lowest BCUT2D eigenvalue weighted by atomic mass is 10.1. The molecule has 0 bridgehead atoms. The molecule has 2 aromatic rings. The van der Waals surface area contributed by atoms with Gasteiger partial charge in [-0.05, 0) is 13.8 Å². The van der Waals surface area contributed by atoms with Crippen LogP contribution in [0.4, 0.5) is 10.5 Å². The number of carboxylic acids is 1. The summed E-state index contributed by atoms with van der Waals surface area (Å²) in [6.07, 6.45) is 4.51. The maximum Gasteiger partial charge on any atom is 0.325 e. The molecule has 2 aromatic heterocycles. The van der Waals surface area contributed by atoms with Crippen molar-refractivity contribution in [3.8, 4) is 0 Å². The lowest BCUT2D eigenvalue weighted by molar-refractivity contribution is -0.137. The van der Waals surface area contributed by atoms with Gasteiger partial charge in [-0.1, -0.05) is 0 Å². The van der Waals surface area contributed by atoms with E-state index in [0.29, 0.717) is 5.69 Å². The number of carbonyl (C=O) groups is 2. The van der Waals surface area contributed by atoms with E-state index in [2.05, 4.69) is 20.7 Å². The largest absolute Gasteiger partial charge is 0.480 e. The van der Waals surface area contributed by atoms with Crippen LogP contribution in [-0.4, -0.2) is 31.9 Å². The maximum atomic E-state index is 12.0. The Morgan fingerprint density at radius 1 is 1.48 bits per heavy atom. The average Bonchev–Trinajstić information content (AvgIpc) is 2.98. The summed E-state index contributed by atoms with van der Waals surface area (Å²) in [5, 5.41) is 20.5. The van der Waals surface area contributed by atoms with Crippen molar-refractivity contribution in [1.82, 2.24) is 20.1 Å². The van der Waals surface area contributed by atoms with Gasteiger partial charge in [-0.2, -0.15) is 5.10 Å². The number of amides is 2. The quantitative estimate of drug-likeness (QED) is 0.775. The first-order valence-corrected chi connectivity index (χ1v) is 6.98. The van der Waals surface area contributed by atoms with Gasteiger partial charge in [-0.15, -0.1) is 11.3 Å². The second-order valence-corrected chi connectivity index (χ2v) is 5.76. The maximum absolute atomic E-state index is 12.0. The number of anilines is 1. The van der Waals surface area contributed by atoms with Crippen molar-refractivity contribution in [2.24, 2.45) is 0 Å². The highest BCUT2D eigenvalue weighted by Crippen LogP contribution is 2.22. The number of urea groups is 1. The first-order valence-electron chi connectivity index (χ1n) is 6.10. The smallest absolute Gasteiger partial charge is 0.325 e. The fraction of sp³-hybridized carbons (Fsp3) is 0.333. The van der Waals surface area contributed by atoms with Crippen LogP contribution in [0.3, 0.4) is 0 Å². The molecule has 0 spiro atoms. The summed E-state index contributed by atoms with van der Waals surface area (Å²) < 4.78 is 1.23. The fourth-order valence-corrected chi connectivity index (χ4v) is 2.40. The number of carbonyl (C=O) groups excluding carboxylic acids is 1. The van der Waals surface area contributed by atoms with E-state index in [1.165, 1.54) is 28.4 Å². The zero-order valence-corrected chi connectivity index (χ0v) is 12.3. The minimum Gasteiger partial charge on any atom is -0.480 e. The van der Waals surface area contributed by atoms with E-state index >= 15 is 0 Å². The average molecular weight is 309 g/mol. The summed E-state index contributed by atoms with van der Waals surface area (Å²) in [6.45, 7) is 3.44. The SMILES string of the molecule is CC(C)(NC(=O)Nc1cnn(CC(=O)O)c1)c1nccs1. The molecule has 8 nitrogen and oxygen atoms in total. The van der Waals surface area contributed by atoms with Gasteiger partial charge >= 0.3 is 12.0 Å². The van der Waals surface area contributed by atoms with Gasteiger partial charge in [0.1, 0.15) is 11.6 Å². The van der Waals surface area contributed by atoms with Crippen LogP contribution in [0.1, 0.15) is 18.9 Å². The molecule has 112 valence electrons. The third kappa shape index (κ3) is 4.02. The van der Waals surface area contributed by atoms with Crippen LogP contribution in [-0.2, 0) is 16.9 Å². The van der Waals surface area contributed by atoms with Crippen molar-refractivity contribution in [2.75, 3.05) is 5.32 Å². The molecule has 2 rings (SSSR count). The molecular formula is C12H15N5O3S. The van der Waals surface area contributed by atoms with Crippen LogP contribution >= 0.6 is 11.3 Å². The molecule has 2 amide bonds. The van der Waals surface area contributed by atoms with E-state index in [1.54, 1.807) is 6.20 Å². The number of nitrogens with one attached hydrogen (secondary N) is 2. The van der Waals surface area contributed by atoms with Crippen molar-refractivity contribution < 1.29 is 14.7 Å². The number of thiazole rings is 1. The Morgan fingerprint density at radius 3 is 2.86 bits per heavy atom. The topological polar surface area (TPSA) is 109 Å². The van der Waals surface area contributed by atoms with Crippen LogP contribution < -0.4 is 10.6 Å². The zero-order valence-electron chi connectivity index (χ0n) is 11.5. The van der Waals surface area contributed by atoms with Crippen LogP contribution in [0, 0.1) is 0 Å². The van der Waals surface area contributed by atoms with Crippen molar-refractivity contribution in [3.05, 3.63) is 29.0 Å². The van der Waals surface area contributed by atoms with Gasteiger partial charge in [0.25, 0.3) is 0 Å². The standard InChI is InChI=1S/C12H15N5O3S/c1-12(2,10-13-3-4-21-10)16-11(20)15-8-5-14-17(6-8)7-9(18)19/h3-6H,7H2,1-2H3,(H,18,19)(H2,15,16,20). The molecular weight excluding hydrogens is 294 g/mol. The Labute approximate surface area is 124 Å². The lowest BCUT2D eigenvalue weighted by Gasteiger charge is -2.23. The van der Waals surface area contributed by atoms with Crippen molar-refractivity contribution in [2.45, 2.75) is 25.9 Å². The van der Waals surface area contributed by atoms with Crippen LogP contribution in [0.2, 0.25) is 0 Å². The zero-order chi connectivity index (χ0) is 15.5. The highest BCUT2D eigenvalue weighted by molar-refractivity contribution is 7.09. The minimum absolute atomic E-state index is 0.256. The summed E-state index contributed by atoms with van der Waals surface area (Å²) in [4.78, 5) is 26.7. The summed E-state index contributed by atoms with van der Waals surface area (Å²) >= 11 is 1.45. The van der Waals surface area contributed by atoms with Crippen molar-refractivity contribution in [3.63, 3.8) is 0 Å². The highest BCUT2D eigenvalue weighted by Gasteiger charge is 2.25. The summed E-state index contributed by atoms with van der Waals surface area (Å²) in [5.41, 5.74) is -0.182. The summed E-state index contributed by atoms with van der Waals surface area (Å²) in [7, 11) is 0. The number of nitrogens with zero attached hydrogens (tertiary/aromatic N) is 3. The predicted octanol–water partition coefficient (Wildman–Crippen LogP) is 1.48. The number of carboxylic acid groups (broad SMARTS) is 1. The Bertz CT molecular complexity index is 635. The van der Waals surface area contributed by atoms with Gasteiger partial charge in [-0.3, -0.25) is 9.48 Å². The second-order valence-electron chi connectivity index (χ2n) is 4.86. The molecule has 0 atom stereocenters. The Morgan fingerprint density at radius 2 is 2.24 bits per heavy atom. The van der Waals surface area contributed by atoms with E-state index < -0.39 is 17.5 Å². The number of rotatable bonds is 5. The molecule has 0 aromatic carbocycles. The molecule has 0 saturated carbocycles. The van der Waals surface area contributed by atoms with E-state index in [4.69, 9.17) is 5.11 Å². The molecule has 0 saturated heterocycles. The number of aromatic nitrogens is 3. The van der Waals surface area contributed by atoms with Crippen LogP contribution in [0.5, 0.6) is 0 Å². The fourth-order valence-electron chi connectivity index (χ4n) is 1.68. The van der Waals surface area contributed by atoms with Crippen molar-refractivity contribution in [1.29, 1.82) is 0 Å². The molecule has 0 unspecified atom stereocenters. The number of hydrogen-bond donors (Lipinski definition) is 3. The third-order valence-electron chi connectivity index (χ3n) is 2.58. The summed E-state index contributed by atoms with van der Waals surface area (Å²) in [5.74, 6) is -1.00. The van der Waals surface area contributed by atoms with E-state index in [0.717, 1.165) is 5.01 Å². The Kier molecular flexibility index (Phi) is 4.22. The van der Waals surface area contributed by atoms with Crippen LogP contribution in [0.15, 0.2) is 24.0 Å². The third-order valence-corrected chi connectivity index (χ3v) is 3.68. The molecule has 0 aliphatic rings. The van der Waals surface area contributed by atoms with Gasteiger partial charge in [-0.25, -0.2) is 9.78 Å². The molecule has 0 aliphatic carbocycles. The van der Waals surface area contributed by atoms with E-state index in [9.17, 15) is 9.59 Å². The monoisotopic (exact) mass is 309 g/mol. The van der Waals surface area contributed by atoms with Crippen molar-refractivity contribution >= 4 is 29.0 Å². The number of hydrogen-bond acceptors (Lipinski definition) is 5. The van der Waals surface area contributed by atoms with E-state index in [1.807, 2.05) is 19.2 Å². The molecule has 0 radical (unpaired) electrons. The molecule has 0 aliphatic heterocycles. The lowest BCUT2D eigenvalue weighted by Crippen LogP contribution is -2.43. The van der Waals surface area contributed by atoms with Gasteiger partial charge in [0.15, 0.2) is 0 Å². The molecule has 9 heteroatoms. The highest BCUT2D eigenvalue weighted by atomic mass is 32.1. The van der Waals surface area contributed by atoms with Gasteiger partial charge in [0.2, 0.25) is 0 Å². The van der Waals surface area contributed by atoms with Crippen LogP contribution in [0.25, 0.3) is 0 Å². The predicted molar refractivity (Wildman–Crippen MR) is 77.2 cm³/mol. The molecule has 3 N–H and O–H groups in total. The van der Waals surface area contributed by atoms with Gasteiger partial charge in [0, 0.05) is 17.8 Å². The normalized spacial score (nSPS) is 11.1. The summed E-state index contributed by atoms with van der Waals surface area (Å²) in [6, 6.07) is -0.412. The Hall–Kier alpha value is -2.42.